The van der Waals surface area contributed by atoms with Crippen molar-refractivity contribution in [1.29, 1.82) is 0 Å². The summed E-state index contributed by atoms with van der Waals surface area (Å²) >= 11 is 0. The Morgan fingerprint density at radius 1 is 1.21 bits per heavy atom. The molecule has 0 amide bonds. The Kier molecular flexibility index (Phi) is 4.78. The molecular formula is C16H19NO2. The SMILES string of the molecule is O=C(O)CCC/C=C\CCc1c[nH]c2ccccc12. The van der Waals surface area contributed by atoms with Crippen LogP contribution >= 0.6 is 0 Å². The normalized spacial score (nSPS) is 11.4. The number of aryl methyl sites for hydroxylation is 1. The zero-order valence-electron chi connectivity index (χ0n) is 10.9. The van der Waals surface area contributed by atoms with Crippen LogP contribution in [0.3, 0.4) is 0 Å². The molecule has 0 aliphatic carbocycles. The highest BCUT2D eigenvalue weighted by molar-refractivity contribution is 5.83. The van der Waals surface area contributed by atoms with E-state index >= 15 is 0 Å². The van der Waals surface area contributed by atoms with Gasteiger partial charge in [-0.05, 0) is 37.3 Å². The molecule has 1 aromatic heterocycles. The number of aliphatic carboxylic acids is 1. The number of para-hydroxylation sites is 1. The number of carboxylic acids is 1. The summed E-state index contributed by atoms with van der Waals surface area (Å²) in [4.78, 5) is 13.6. The van der Waals surface area contributed by atoms with E-state index in [1.807, 2.05) is 6.07 Å². The Balaban J connectivity index is 1.76. The third-order valence-corrected chi connectivity index (χ3v) is 3.18. The summed E-state index contributed by atoms with van der Waals surface area (Å²) in [5.74, 6) is -0.716. The molecule has 0 saturated heterocycles. The van der Waals surface area contributed by atoms with Gasteiger partial charge in [0.05, 0.1) is 0 Å². The quantitative estimate of drug-likeness (QED) is 0.583. The van der Waals surface area contributed by atoms with E-state index in [-0.39, 0.29) is 6.42 Å². The van der Waals surface area contributed by atoms with Crippen molar-refractivity contribution in [3.8, 4) is 0 Å². The van der Waals surface area contributed by atoms with Gasteiger partial charge < -0.3 is 10.1 Å². The molecule has 19 heavy (non-hydrogen) atoms. The maximum atomic E-state index is 10.3. The van der Waals surface area contributed by atoms with E-state index in [1.165, 1.54) is 16.5 Å². The first-order chi connectivity index (χ1) is 9.27. The Bertz CT molecular complexity index is 569. The molecule has 3 heteroatoms. The summed E-state index contributed by atoms with van der Waals surface area (Å²) < 4.78 is 0. The molecule has 0 unspecified atom stereocenters. The highest BCUT2D eigenvalue weighted by atomic mass is 16.4. The molecule has 2 aromatic rings. The van der Waals surface area contributed by atoms with Crippen LogP contribution in [0.25, 0.3) is 10.9 Å². The van der Waals surface area contributed by atoms with Crippen LogP contribution in [0.1, 0.15) is 31.2 Å². The molecule has 1 aromatic carbocycles. The van der Waals surface area contributed by atoms with Gasteiger partial charge in [-0.15, -0.1) is 0 Å². The molecule has 0 saturated carbocycles. The van der Waals surface area contributed by atoms with Gasteiger partial charge >= 0.3 is 5.97 Å². The van der Waals surface area contributed by atoms with E-state index in [4.69, 9.17) is 5.11 Å². The Morgan fingerprint density at radius 2 is 2.00 bits per heavy atom. The van der Waals surface area contributed by atoms with Crippen molar-refractivity contribution in [2.45, 2.75) is 32.1 Å². The fraction of sp³-hybridized carbons (Fsp3) is 0.312. The second kappa shape index (κ2) is 6.78. The zero-order valence-corrected chi connectivity index (χ0v) is 10.9. The van der Waals surface area contributed by atoms with E-state index in [1.54, 1.807) is 0 Å². The van der Waals surface area contributed by atoms with E-state index in [0.29, 0.717) is 0 Å². The molecule has 0 spiro atoms. The lowest BCUT2D eigenvalue weighted by Crippen LogP contribution is -1.92. The first-order valence-electron chi connectivity index (χ1n) is 6.69. The van der Waals surface area contributed by atoms with E-state index in [9.17, 15) is 4.79 Å². The van der Waals surface area contributed by atoms with Crippen LogP contribution in [0.2, 0.25) is 0 Å². The minimum Gasteiger partial charge on any atom is -0.481 e. The van der Waals surface area contributed by atoms with Crippen LogP contribution in [0, 0.1) is 0 Å². The van der Waals surface area contributed by atoms with Crippen LogP contribution in [0.15, 0.2) is 42.6 Å². The van der Waals surface area contributed by atoms with Crippen molar-refractivity contribution < 1.29 is 9.90 Å². The number of unbranched alkanes of at least 4 members (excludes halogenated alkanes) is 1. The highest BCUT2D eigenvalue weighted by Gasteiger charge is 2.00. The van der Waals surface area contributed by atoms with Crippen molar-refractivity contribution in [2.24, 2.45) is 0 Å². The van der Waals surface area contributed by atoms with Gasteiger partial charge in [0.25, 0.3) is 0 Å². The molecule has 0 aliphatic rings. The number of allylic oxidation sites excluding steroid dienone is 2. The zero-order chi connectivity index (χ0) is 13.5. The van der Waals surface area contributed by atoms with E-state index in [0.717, 1.165) is 25.7 Å². The number of fused-ring (bicyclic) bond motifs is 1. The monoisotopic (exact) mass is 257 g/mol. The van der Waals surface area contributed by atoms with Crippen molar-refractivity contribution in [1.82, 2.24) is 4.98 Å². The smallest absolute Gasteiger partial charge is 0.303 e. The van der Waals surface area contributed by atoms with Gasteiger partial charge in [0.2, 0.25) is 0 Å². The molecular weight excluding hydrogens is 238 g/mol. The Hall–Kier alpha value is -2.03. The van der Waals surface area contributed by atoms with Crippen LogP contribution in [-0.2, 0) is 11.2 Å². The van der Waals surface area contributed by atoms with Gasteiger partial charge in [-0.1, -0.05) is 30.4 Å². The molecule has 0 atom stereocenters. The first-order valence-corrected chi connectivity index (χ1v) is 6.69. The Morgan fingerprint density at radius 3 is 2.84 bits per heavy atom. The van der Waals surface area contributed by atoms with Crippen molar-refractivity contribution in [2.75, 3.05) is 0 Å². The van der Waals surface area contributed by atoms with Crippen molar-refractivity contribution in [3.05, 3.63) is 48.2 Å². The molecule has 1 heterocycles. The maximum Gasteiger partial charge on any atom is 0.303 e. The average Bonchev–Trinajstić information content (AvgIpc) is 2.81. The number of nitrogens with one attached hydrogen (secondary N) is 1. The summed E-state index contributed by atoms with van der Waals surface area (Å²) in [6.45, 7) is 0. The third kappa shape index (κ3) is 3.98. The lowest BCUT2D eigenvalue weighted by atomic mass is 10.1. The molecule has 0 radical (unpaired) electrons. The van der Waals surface area contributed by atoms with Crippen molar-refractivity contribution >= 4 is 16.9 Å². The topological polar surface area (TPSA) is 53.1 Å². The summed E-state index contributed by atoms with van der Waals surface area (Å²) in [5.41, 5.74) is 2.52. The van der Waals surface area contributed by atoms with Crippen molar-refractivity contribution in [3.63, 3.8) is 0 Å². The minimum absolute atomic E-state index is 0.257. The average molecular weight is 257 g/mol. The Labute approximate surface area is 113 Å². The third-order valence-electron chi connectivity index (χ3n) is 3.18. The number of benzene rings is 1. The molecule has 0 bridgehead atoms. The predicted molar refractivity (Wildman–Crippen MR) is 77.2 cm³/mol. The molecule has 2 N–H and O–H groups in total. The lowest BCUT2D eigenvalue weighted by Gasteiger charge is -1.96. The fourth-order valence-electron chi connectivity index (χ4n) is 2.18. The van der Waals surface area contributed by atoms with Crippen LogP contribution < -0.4 is 0 Å². The first kappa shape index (κ1) is 13.4. The number of aromatic nitrogens is 1. The second-order valence-electron chi connectivity index (χ2n) is 4.66. The number of aromatic amines is 1. The summed E-state index contributed by atoms with van der Waals surface area (Å²) in [6.07, 6.45) is 10.1. The summed E-state index contributed by atoms with van der Waals surface area (Å²) in [7, 11) is 0. The number of carbonyl (C=O) groups is 1. The van der Waals surface area contributed by atoms with E-state index in [2.05, 4.69) is 41.5 Å². The highest BCUT2D eigenvalue weighted by Crippen LogP contribution is 2.19. The summed E-state index contributed by atoms with van der Waals surface area (Å²) in [6, 6.07) is 8.31. The number of carboxylic acid groups (broad SMARTS) is 1. The fourth-order valence-corrected chi connectivity index (χ4v) is 2.18. The predicted octanol–water partition coefficient (Wildman–Crippen LogP) is 3.91. The number of hydrogen-bond acceptors (Lipinski definition) is 1. The van der Waals surface area contributed by atoms with Gasteiger partial charge in [0.1, 0.15) is 0 Å². The van der Waals surface area contributed by atoms with E-state index < -0.39 is 5.97 Å². The standard InChI is InChI=1S/C16H19NO2/c18-16(19)11-5-3-1-2-4-8-13-12-17-15-10-7-6-9-14(13)15/h1-2,6-7,9-10,12,17H,3-5,8,11H2,(H,18,19)/b2-1-. The number of rotatable bonds is 7. The van der Waals surface area contributed by atoms with Gasteiger partial charge in [-0.2, -0.15) is 0 Å². The van der Waals surface area contributed by atoms with Gasteiger partial charge in [0.15, 0.2) is 0 Å². The van der Waals surface area contributed by atoms with Gasteiger partial charge in [-0.3, -0.25) is 4.79 Å². The molecule has 0 aliphatic heterocycles. The lowest BCUT2D eigenvalue weighted by molar-refractivity contribution is -0.137. The van der Waals surface area contributed by atoms with Crippen LogP contribution in [0.4, 0.5) is 0 Å². The van der Waals surface area contributed by atoms with Crippen LogP contribution in [-0.4, -0.2) is 16.1 Å². The molecule has 2 rings (SSSR count). The maximum absolute atomic E-state index is 10.3. The molecule has 3 nitrogen and oxygen atoms in total. The van der Waals surface area contributed by atoms with Crippen LogP contribution in [0.5, 0.6) is 0 Å². The largest absolute Gasteiger partial charge is 0.481 e. The molecule has 0 fully saturated rings. The molecule has 100 valence electrons. The number of hydrogen-bond donors (Lipinski definition) is 2. The summed E-state index contributed by atoms with van der Waals surface area (Å²) in [5, 5.41) is 9.81. The minimum atomic E-state index is -0.716. The van der Waals surface area contributed by atoms with Gasteiger partial charge in [-0.25, -0.2) is 0 Å². The number of H-pyrrole nitrogens is 1. The van der Waals surface area contributed by atoms with Gasteiger partial charge in [0, 0.05) is 23.5 Å². The second-order valence-corrected chi connectivity index (χ2v) is 4.66.